The van der Waals surface area contributed by atoms with Crippen molar-refractivity contribution in [2.24, 2.45) is 5.41 Å². The first-order chi connectivity index (χ1) is 8.49. The van der Waals surface area contributed by atoms with Crippen LogP contribution in [0.3, 0.4) is 0 Å². The molecule has 1 unspecified atom stereocenters. The van der Waals surface area contributed by atoms with Crippen LogP contribution in [-0.4, -0.2) is 7.11 Å². The molecule has 0 amide bonds. The summed E-state index contributed by atoms with van der Waals surface area (Å²) in [4.78, 5) is 0. The van der Waals surface area contributed by atoms with E-state index in [4.69, 9.17) is 4.74 Å². The molecule has 0 aromatic heterocycles. The molecule has 18 heavy (non-hydrogen) atoms. The maximum atomic E-state index is 5.53. The highest BCUT2D eigenvalue weighted by Gasteiger charge is 2.46. The largest absolute Gasteiger partial charge is 0.496 e. The van der Waals surface area contributed by atoms with Crippen molar-refractivity contribution < 1.29 is 4.74 Å². The Morgan fingerprint density at radius 3 is 2.61 bits per heavy atom. The van der Waals surface area contributed by atoms with Crippen LogP contribution < -0.4 is 4.74 Å². The first-order valence-electron chi connectivity index (χ1n) is 6.89. The second-order valence-electron chi connectivity index (χ2n) is 6.55. The number of allylic oxidation sites excluding steroid dienone is 1. The van der Waals surface area contributed by atoms with E-state index >= 15 is 0 Å². The first-order valence-corrected chi connectivity index (χ1v) is 6.89. The highest BCUT2D eigenvalue weighted by atomic mass is 16.5. The quantitative estimate of drug-likeness (QED) is 0.701. The van der Waals surface area contributed by atoms with Crippen LogP contribution in [0.1, 0.15) is 51.2 Å². The molecule has 0 saturated heterocycles. The SMILES string of the molecule is COc1cccc2c1C=C1C(C)(C)CCCC12C. The molecular formula is C17H22O. The van der Waals surface area contributed by atoms with E-state index in [0.29, 0.717) is 5.41 Å². The number of hydrogen-bond donors (Lipinski definition) is 0. The average Bonchev–Trinajstić information content (AvgIpc) is 2.64. The number of fused-ring (bicyclic) bond motifs is 3. The Morgan fingerprint density at radius 1 is 1.11 bits per heavy atom. The fourth-order valence-electron chi connectivity index (χ4n) is 4.03. The lowest BCUT2D eigenvalue weighted by molar-refractivity contribution is 0.266. The zero-order valence-electron chi connectivity index (χ0n) is 11.8. The molecule has 0 radical (unpaired) electrons. The Bertz CT molecular complexity index is 524. The molecule has 2 aliphatic rings. The highest BCUT2D eigenvalue weighted by Crippen LogP contribution is 2.57. The van der Waals surface area contributed by atoms with Crippen LogP contribution in [0.2, 0.25) is 0 Å². The third-order valence-corrected chi connectivity index (χ3v) is 4.97. The number of hydrogen-bond acceptors (Lipinski definition) is 1. The Hall–Kier alpha value is -1.24. The van der Waals surface area contributed by atoms with Gasteiger partial charge in [0.25, 0.3) is 0 Å². The van der Waals surface area contributed by atoms with Gasteiger partial charge in [-0.25, -0.2) is 0 Å². The molecule has 1 heteroatoms. The predicted molar refractivity (Wildman–Crippen MR) is 76.0 cm³/mol. The molecule has 1 aromatic rings. The smallest absolute Gasteiger partial charge is 0.126 e. The highest BCUT2D eigenvalue weighted by molar-refractivity contribution is 5.75. The third kappa shape index (κ3) is 1.39. The van der Waals surface area contributed by atoms with Gasteiger partial charge in [-0.05, 0) is 29.9 Å². The maximum absolute atomic E-state index is 5.53. The van der Waals surface area contributed by atoms with Crippen LogP contribution in [0.5, 0.6) is 5.75 Å². The van der Waals surface area contributed by atoms with Crippen LogP contribution in [0.25, 0.3) is 6.08 Å². The van der Waals surface area contributed by atoms with Crippen molar-refractivity contribution >= 4 is 6.08 Å². The number of benzene rings is 1. The average molecular weight is 242 g/mol. The Morgan fingerprint density at radius 2 is 1.89 bits per heavy atom. The van der Waals surface area contributed by atoms with Crippen molar-refractivity contribution in [2.45, 2.75) is 45.4 Å². The monoisotopic (exact) mass is 242 g/mol. The van der Waals surface area contributed by atoms with Gasteiger partial charge in [-0.15, -0.1) is 0 Å². The van der Waals surface area contributed by atoms with Crippen molar-refractivity contribution in [1.29, 1.82) is 0 Å². The van der Waals surface area contributed by atoms with Crippen LogP contribution in [0, 0.1) is 5.41 Å². The van der Waals surface area contributed by atoms with Gasteiger partial charge >= 0.3 is 0 Å². The second-order valence-corrected chi connectivity index (χ2v) is 6.55. The topological polar surface area (TPSA) is 9.23 Å². The van der Waals surface area contributed by atoms with Gasteiger partial charge < -0.3 is 4.74 Å². The Kier molecular flexibility index (Phi) is 2.38. The lowest BCUT2D eigenvalue weighted by Crippen LogP contribution is -2.35. The molecule has 2 aliphatic carbocycles. The molecule has 1 atom stereocenters. The van der Waals surface area contributed by atoms with Crippen molar-refractivity contribution in [1.82, 2.24) is 0 Å². The minimum atomic E-state index is 0.228. The molecular weight excluding hydrogens is 220 g/mol. The molecule has 1 aromatic carbocycles. The van der Waals surface area contributed by atoms with Crippen LogP contribution in [-0.2, 0) is 5.41 Å². The van der Waals surface area contributed by atoms with Crippen LogP contribution in [0.15, 0.2) is 23.8 Å². The molecule has 0 heterocycles. The predicted octanol–water partition coefficient (Wildman–Crippen LogP) is 4.56. The summed E-state index contributed by atoms with van der Waals surface area (Å²) in [5.41, 5.74) is 4.92. The number of rotatable bonds is 1. The summed E-state index contributed by atoms with van der Waals surface area (Å²) in [7, 11) is 1.77. The maximum Gasteiger partial charge on any atom is 0.126 e. The van der Waals surface area contributed by atoms with E-state index in [9.17, 15) is 0 Å². The summed E-state index contributed by atoms with van der Waals surface area (Å²) in [5, 5.41) is 0. The Balaban J connectivity index is 2.23. The molecule has 3 rings (SSSR count). The normalized spacial score (nSPS) is 28.3. The number of methoxy groups -OCH3 is 1. The van der Waals surface area contributed by atoms with E-state index in [0.717, 1.165) is 5.75 Å². The van der Waals surface area contributed by atoms with Crippen molar-refractivity contribution in [2.75, 3.05) is 7.11 Å². The van der Waals surface area contributed by atoms with Crippen LogP contribution >= 0.6 is 0 Å². The molecule has 96 valence electrons. The van der Waals surface area contributed by atoms with Gasteiger partial charge in [-0.2, -0.15) is 0 Å². The van der Waals surface area contributed by atoms with E-state index in [-0.39, 0.29) is 5.41 Å². The van der Waals surface area contributed by atoms with Crippen LogP contribution in [0.4, 0.5) is 0 Å². The Labute approximate surface area is 110 Å². The van der Waals surface area contributed by atoms with Gasteiger partial charge in [0.1, 0.15) is 5.75 Å². The zero-order valence-corrected chi connectivity index (χ0v) is 11.8. The summed E-state index contributed by atoms with van der Waals surface area (Å²) in [6.45, 7) is 7.17. The molecule has 0 bridgehead atoms. The van der Waals surface area contributed by atoms with E-state index in [2.05, 4.69) is 45.0 Å². The number of ether oxygens (including phenoxy) is 1. The summed E-state index contributed by atoms with van der Waals surface area (Å²) >= 11 is 0. The van der Waals surface area contributed by atoms with Gasteiger partial charge in [0.15, 0.2) is 0 Å². The minimum absolute atomic E-state index is 0.228. The summed E-state index contributed by atoms with van der Waals surface area (Å²) in [5.74, 6) is 1.02. The van der Waals surface area contributed by atoms with E-state index < -0.39 is 0 Å². The van der Waals surface area contributed by atoms with Gasteiger partial charge in [0, 0.05) is 11.0 Å². The van der Waals surface area contributed by atoms with E-state index in [1.165, 1.54) is 30.4 Å². The fourth-order valence-corrected chi connectivity index (χ4v) is 4.03. The molecule has 0 N–H and O–H groups in total. The van der Waals surface area contributed by atoms with E-state index in [1.54, 1.807) is 12.7 Å². The van der Waals surface area contributed by atoms with Crippen molar-refractivity contribution in [3.63, 3.8) is 0 Å². The minimum Gasteiger partial charge on any atom is -0.496 e. The van der Waals surface area contributed by atoms with E-state index in [1.807, 2.05) is 0 Å². The van der Waals surface area contributed by atoms with Gasteiger partial charge in [-0.1, -0.05) is 51.0 Å². The second kappa shape index (κ2) is 3.63. The zero-order chi connectivity index (χ0) is 13.0. The standard InChI is InChI=1S/C17H22O/c1-16(2)9-6-10-17(3)13-7-5-8-14(18-4)12(13)11-15(16)17/h5,7-8,11H,6,9-10H2,1-4H3. The summed E-state index contributed by atoms with van der Waals surface area (Å²) in [6.07, 6.45) is 6.28. The summed E-state index contributed by atoms with van der Waals surface area (Å²) in [6, 6.07) is 6.48. The molecule has 0 aliphatic heterocycles. The summed E-state index contributed by atoms with van der Waals surface area (Å²) < 4.78 is 5.53. The van der Waals surface area contributed by atoms with Gasteiger partial charge in [0.2, 0.25) is 0 Å². The van der Waals surface area contributed by atoms with Crippen molar-refractivity contribution in [3.8, 4) is 5.75 Å². The van der Waals surface area contributed by atoms with Crippen molar-refractivity contribution in [3.05, 3.63) is 34.9 Å². The van der Waals surface area contributed by atoms with Gasteiger partial charge in [-0.3, -0.25) is 0 Å². The molecule has 1 fully saturated rings. The first kappa shape index (κ1) is 11.8. The van der Waals surface area contributed by atoms with Gasteiger partial charge in [0.05, 0.1) is 7.11 Å². The fraction of sp³-hybridized carbons (Fsp3) is 0.529. The molecule has 0 spiro atoms. The lowest BCUT2D eigenvalue weighted by atomic mass is 9.60. The molecule has 1 nitrogen and oxygen atoms in total. The lowest BCUT2D eigenvalue weighted by Gasteiger charge is -2.44. The third-order valence-electron chi connectivity index (χ3n) is 4.97. The molecule has 1 saturated carbocycles.